The van der Waals surface area contributed by atoms with Crippen LogP contribution in [0.4, 0.5) is 0 Å². The zero-order valence-corrected chi connectivity index (χ0v) is 11.0. The van der Waals surface area contributed by atoms with Crippen molar-refractivity contribution in [2.75, 3.05) is 33.6 Å². The Morgan fingerprint density at radius 3 is 2.18 bits per heavy atom. The number of methoxy groups -OCH3 is 1. The molecule has 0 radical (unpaired) electrons. The molecule has 0 unspecified atom stereocenters. The smallest absolute Gasteiger partial charge is 0.211 e. The van der Waals surface area contributed by atoms with Gasteiger partial charge >= 0.3 is 0 Å². The largest absolute Gasteiger partial charge is 0.497 e. The number of hydrogen-bond acceptors (Lipinski definition) is 4. The molecule has 1 aromatic rings. The van der Waals surface area contributed by atoms with Crippen LogP contribution >= 0.6 is 0 Å². The molecule has 0 heterocycles. The zero-order chi connectivity index (χ0) is 12.9. The van der Waals surface area contributed by atoms with E-state index in [0.29, 0.717) is 18.9 Å². The molecule has 0 saturated heterocycles. The zero-order valence-electron chi connectivity index (χ0n) is 10.2. The first-order valence-corrected chi connectivity index (χ1v) is 6.96. The molecule has 0 spiro atoms. The lowest BCUT2D eigenvalue weighted by Gasteiger charge is -2.14. The standard InChI is InChI=1S/C11H17NO4S/c1-12(17(3,13)14)8-9-16-11-6-4-10(15-2)5-7-11/h4-7H,8-9H2,1-3H3. The van der Waals surface area contributed by atoms with Crippen molar-refractivity contribution in [1.29, 1.82) is 0 Å². The summed E-state index contributed by atoms with van der Waals surface area (Å²) >= 11 is 0. The summed E-state index contributed by atoms with van der Waals surface area (Å²) in [5, 5.41) is 0. The first-order chi connectivity index (χ1) is 7.93. The molecule has 0 amide bonds. The average Bonchev–Trinajstić information content (AvgIpc) is 2.28. The summed E-state index contributed by atoms with van der Waals surface area (Å²) in [7, 11) is -0.0199. The molecule has 0 fully saturated rings. The third-order valence-electron chi connectivity index (χ3n) is 2.30. The van der Waals surface area contributed by atoms with Crippen molar-refractivity contribution in [2.24, 2.45) is 0 Å². The summed E-state index contributed by atoms with van der Waals surface area (Å²) in [5.74, 6) is 1.44. The van der Waals surface area contributed by atoms with E-state index in [1.54, 1.807) is 31.4 Å². The van der Waals surface area contributed by atoms with Gasteiger partial charge in [0.05, 0.1) is 13.4 Å². The number of sulfonamides is 1. The van der Waals surface area contributed by atoms with Crippen LogP contribution in [0, 0.1) is 0 Å². The summed E-state index contributed by atoms with van der Waals surface area (Å²) in [4.78, 5) is 0. The normalized spacial score (nSPS) is 11.5. The summed E-state index contributed by atoms with van der Waals surface area (Å²) in [6.45, 7) is 0.640. The van der Waals surface area contributed by atoms with E-state index in [0.717, 1.165) is 5.75 Å². The molecule has 0 atom stereocenters. The molecule has 0 saturated carbocycles. The van der Waals surface area contributed by atoms with Gasteiger partial charge in [-0.3, -0.25) is 0 Å². The van der Waals surface area contributed by atoms with Gasteiger partial charge in [-0.25, -0.2) is 12.7 Å². The molecular formula is C11H17NO4S. The number of likely N-dealkylation sites (N-methyl/N-ethyl adjacent to an activating group) is 1. The highest BCUT2D eigenvalue weighted by molar-refractivity contribution is 7.88. The van der Waals surface area contributed by atoms with Crippen LogP contribution in [0.5, 0.6) is 11.5 Å². The van der Waals surface area contributed by atoms with Crippen LogP contribution in [0.1, 0.15) is 0 Å². The van der Waals surface area contributed by atoms with Crippen molar-refractivity contribution in [3.05, 3.63) is 24.3 Å². The van der Waals surface area contributed by atoms with Crippen LogP contribution in [0.15, 0.2) is 24.3 Å². The van der Waals surface area contributed by atoms with Gasteiger partial charge in [0.1, 0.15) is 18.1 Å². The molecule has 0 N–H and O–H groups in total. The lowest BCUT2D eigenvalue weighted by atomic mass is 10.3. The minimum absolute atomic E-state index is 0.315. The SMILES string of the molecule is COc1ccc(OCCN(C)S(C)(=O)=O)cc1. The van der Waals surface area contributed by atoms with Gasteiger partial charge < -0.3 is 9.47 Å². The Kier molecular flexibility index (Phi) is 4.77. The molecule has 0 aliphatic heterocycles. The van der Waals surface area contributed by atoms with Crippen molar-refractivity contribution in [3.63, 3.8) is 0 Å². The molecule has 0 bridgehead atoms. The maximum absolute atomic E-state index is 11.1. The van der Waals surface area contributed by atoms with Crippen molar-refractivity contribution in [3.8, 4) is 11.5 Å². The molecule has 1 aromatic carbocycles. The average molecular weight is 259 g/mol. The third-order valence-corrected chi connectivity index (χ3v) is 3.62. The second-order valence-corrected chi connectivity index (χ2v) is 5.70. The minimum atomic E-state index is -3.13. The van der Waals surface area contributed by atoms with Gasteiger partial charge in [0.15, 0.2) is 0 Å². The Morgan fingerprint density at radius 2 is 1.71 bits per heavy atom. The first-order valence-electron chi connectivity index (χ1n) is 5.11. The topological polar surface area (TPSA) is 55.8 Å². The third kappa shape index (κ3) is 4.62. The fourth-order valence-corrected chi connectivity index (χ4v) is 1.54. The van der Waals surface area contributed by atoms with Crippen molar-refractivity contribution in [2.45, 2.75) is 0 Å². The van der Waals surface area contributed by atoms with E-state index in [1.807, 2.05) is 0 Å². The van der Waals surface area contributed by atoms with E-state index < -0.39 is 10.0 Å². The molecule has 17 heavy (non-hydrogen) atoms. The highest BCUT2D eigenvalue weighted by atomic mass is 32.2. The van der Waals surface area contributed by atoms with E-state index in [2.05, 4.69) is 0 Å². The lowest BCUT2D eigenvalue weighted by molar-refractivity contribution is 0.287. The Bertz CT molecular complexity index is 441. The maximum atomic E-state index is 11.1. The minimum Gasteiger partial charge on any atom is -0.497 e. The molecule has 96 valence electrons. The van der Waals surface area contributed by atoms with Gasteiger partial charge in [-0.1, -0.05) is 0 Å². The fourth-order valence-electron chi connectivity index (χ4n) is 1.13. The quantitative estimate of drug-likeness (QED) is 0.763. The fraction of sp³-hybridized carbons (Fsp3) is 0.455. The lowest BCUT2D eigenvalue weighted by Crippen LogP contribution is -2.29. The van der Waals surface area contributed by atoms with Gasteiger partial charge in [0.25, 0.3) is 0 Å². The number of benzene rings is 1. The van der Waals surface area contributed by atoms with Crippen molar-refractivity contribution in [1.82, 2.24) is 4.31 Å². The van der Waals surface area contributed by atoms with E-state index in [-0.39, 0.29) is 0 Å². The molecular weight excluding hydrogens is 242 g/mol. The summed E-state index contributed by atoms with van der Waals surface area (Å²) in [5.41, 5.74) is 0. The van der Waals surface area contributed by atoms with Crippen molar-refractivity contribution >= 4 is 10.0 Å². The second-order valence-electron chi connectivity index (χ2n) is 3.61. The number of hydrogen-bond donors (Lipinski definition) is 0. The Balaban J connectivity index is 2.41. The van der Waals surface area contributed by atoms with E-state index in [1.165, 1.54) is 17.6 Å². The maximum Gasteiger partial charge on any atom is 0.211 e. The molecule has 0 aliphatic carbocycles. The summed E-state index contributed by atoms with van der Waals surface area (Å²) in [6.07, 6.45) is 1.17. The predicted octanol–water partition coefficient (Wildman–Crippen LogP) is 0.965. The molecule has 5 nitrogen and oxygen atoms in total. The second kappa shape index (κ2) is 5.88. The number of nitrogens with zero attached hydrogens (tertiary/aromatic N) is 1. The van der Waals surface area contributed by atoms with E-state index >= 15 is 0 Å². The van der Waals surface area contributed by atoms with Crippen LogP contribution in [-0.4, -0.2) is 46.3 Å². The Hall–Kier alpha value is -1.27. The van der Waals surface area contributed by atoms with Crippen LogP contribution in [-0.2, 0) is 10.0 Å². The van der Waals surface area contributed by atoms with Gasteiger partial charge in [0.2, 0.25) is 10.0 Å². The van der Waals surface area contributed by atoms with E-state index in [4.69, 9.17) is 9.47 Å². The monoisotopic (exact) mass is 259 g/mol. The summed E-state index contributed by atoms with van der Waals surface area (Å²) < 4.78 is 33.9. The predicted molar refractivity (Wildman–Crippen MR) is 66.0 cm³/mol. The van der Waals surface area contributed by atoms with Gasteiger partial charge in [-0.15, -0.1) is 0 Å². The van der Waals surface area contributed by atoms with E-state index in [9.17, 15) is 8.42 Å². The first kappa shape index (κ1) is 13.8. The van der Waals surface area contributed by atoms with Gasteiger partial charge in [0, 0.05) is 13.6 Å². The van der Waals surface area contributed by atoms with Crippen LogP contribution < -0.4 is 9.47 Å². The number of rotatable bonds is 6. The highest BCUT2D eigenvalue weighted by Crippen LogP contribution is 2.16. The number of ether oxygens (including phenoxy) is 2. The van der Waals surface area contributed by atoms with Crippen molar-refractivity contribution < 1.29 is 17.9 Å². The highest BCUT2D eigenvalue weighted by Gasteiger charge is 2.09. The van der Waals surface area contributed by atoms with Gasteiger partial charge in [-0.05, 0) is 24.3 Å². The Morgan fingerprint density at radius 1 is 1.18 bits per heavy atom. The molecule has 1 rings (SSSR count). The van der Waals surface area contributed by atoms with Crippen LogP contribution in [0.3, 0.4) is 0 Å². The summed E-state index contributed by atoms with van der Waals surface area (Å²) in [6, 6.07) is 7.13. The molecule has 0 aromatic heterocycles. The Labute approximate surface area is 102 Å². The van der Waals surface area contributed by atoms with Crippen LogP contribution in [0.25, 0.3) is 0 Å². The molecule has 0 aliphatic rings. The van der Waals surface area contributed by atoms with Crippen LogP contribution in [0.2, 0.25) is 0 Å². The molecule has 6 heteroatoms. The van der Waals surface area contributed by atoms with Gasteiger partial charge in [-0.2, -0.15) is 0 Å².